The minimum Gasteiger partial charge on any atom is -0.323 e. The number of carbonyl (C=O) groups is 2. The van der Waals surface area contributed by atoms with Gasteiger partial charge in [-0.25, -0.2) is 4.79 Å². The number of rotatable bonds is 6. The van der Waals surface area contributed by atoms with Crippen LogP contribution in [0, 0.1) is 10.1 Å². The lowest BCUT2D eigenvalue weighted by molar-refractivity contribution is -0.384. The van der Waals surface area contributed by atoms with E-state index in [4.69, 9.17) is 0 Å². The molecule has 1 fully saturated rings. The largest absolute Gasteiger partial charge is 0.325 e. The molecule has 26 heavy (non-hydrogen) atoms. The highest BCUT2D eigenvalue weighted by Gasteiger charge is 2.47. The molecule has 134 valence electrons. The number of nitro groups is 1. The molecule has 0 saturated carbocycles. The van der Waals surface area contributed by atoms with Crippen molar-refractivity contribution in [3.8, 4) is 0 Å². The third-order valence-electron chi connectivity index (χ3n) is 4.59. The van der Waals surface area contributed by atoms with Crippen LogP contribution in [0.5, 0.6) is 0 Å². The summed E-state index contributed by atoms with van der Waals surface area (Å²) in [5.74, 6) is -0.281. The Morgan fingerprint density at radius 1 is 1.04 bits per heavy atom. The number of benzene rings is 2. The van der Waals surface area contributed by atoms with Crippen LogP contribution in [0.4, 0.5) is 10.5 Å². The number of carbonyl (C=O) groups excluding carboxylic acids is 2. The molecule has 0 radical (unpaired) electrons. The van der Waals surface area contributed by atoms with E-state index in [2.05, 4.69) is 5.32 Å². The van der Waals surface area contributed by atoms with Crippen molar-refractivity contribution in [1.82, 2.24) is 10.2 Å². The fraction of sp³-hybridized carbons (Fsp3) is 0.263. The summed E-state index contributed by atoms with van der Waals surface area (Å²) in [5.41, 5.74) is 0.780. The first-order valence-corrected chi connectivity index (χ1v) is 8.30. The average Bonchev–Trinajstić information content (AvgIpc) is 2.85. The second-order valence-corrected chi connectivity index (χ2v) is 6.56. The second kappa shape index (κ2) is 6.95. The van der Waals surface area contributed by atoms with Crippen LogP contribution in [0.25, 0.3) is 0 Å². The first kappa shape index (κ1) is 17.6. The van der Waals surface area contributed by atoms with Gasteiger partial charge in [0.25, 0.3) is 11.6 Å². The zero-order valence-corrected chi connectivity index (χ0v) is 14.3. The minimum absolute atomic E-state index is 0.0290. The van der Waals surface area contributed by atoms with E-state index in [0.29, 0.717) is 18.4 Å². The molecule has 7 nitrogen and oxygen atoms in total. The molecule has 1 saturated heterocycles. The smallest absolute Gasteiger partial charge is 0.323 e. The molecule has 2 aromatic rings. The molecular formula is C19H19N3O4. The summed E-state index contributed by atoms with van der Waals surface area (Å²) in [6.45, 7) is 1.82. The molecule has 1 heterocycles. The molecule has 0 aliphatic carbocycles. The van der Waals surface area contributed by atoms with Gasteiger partial charge < -0.3 is 5.32 Å². The maximum Gasteiger partial charge on any atom is 0.325 e. The summed E-state index contributed by atoms with van der Waals surface area (Å²) in [6, 6.07) is 15.2. The van der Waals surface area contributed by atoms with Crippen molar-refractivity contribution in [3.63, 3.8) is 0 Å². The van der Waals surface area contributed by atoms with Gasteiger partial charge in [0.2, 0.25) is 0 Å². The van der Waals surface area contributed by atoms with Gasteiger partial charge in [-0.05, 0) is 30.9 Å². The zero-order chi connectivity index (χ0) is 18.7. The number of nitrogens with zero attached hydrogens (tertiary/aromatic N) is 2. The van der Waals surface area contributed by atoms with Gasteiger partial charge in [-0.1, -0.05) is 42.5 Å². The Kier molecular flexibility index (Phi) is 4.71. The van der Waals surface area contributed by atoms with E-state index in [1.165, 1.54) is 12.1 Å². The van der Waals surface area contributed by atoms with Gasteiger partial charge >= 0.3 is 6.03 Å². The van der Waals surface area contributed by atoms with Crippen LogP contribution in [0.3, 0.4) is 0 Å². The standard InChI is InChI=1S/C19H19N3O4/c1-19(12-11-14-5-3-2-4-6-14)17(23)21(18(24)20-19)13-15-7-9-16(10-8-15)22(25)26/h2-10H,11-13H2,1H3,(H,20,24)/t19-/m1/s1. The van der Waals surface area contributed by atoms with Crippen molar-refractivity contribution >= 4 is 17.6 Å². The Hall–Kier alpha value is -3.22. The molecule has 7 heteroatoms. The molecule has 0 unspecified atom stereocenters. The average molecular weight is 353 g/mol. The van der Waals surface area contributed by atoms with E-state index < -0.39 is 16.5 Å². The quantitative estimate of drug-likeness (QED) is 0.491. The van der Waals surface area contributed by atoms with E-state index in [-0.39, 0.29) is 18.1 Å². The monoisotopic (exact) mass is 353 g/mol. The van der Waals surface area contributed by atoms with Gasteiger partial charge in [-0.15, -0.1) is 0 Å². The van der Waals surface area contributed by atoms with Gasteiger partial charge in [0, 0.05) is 12.1 Å². The fourth-order valence-electron chi connectivity index (χ4n) is 3.00. The Bertz CT molecular complexity index is 836. The van der Waals surface area contributed by atoms with Crippen molar-refractivity contribution < 1.29 is 14.5 Å². The van der Waals surface area contributed by atoms with E-state index in [1.807, 2.05) is 30.3 Å². The predicted molar refractivity (Wildman–Crippen MR) is 95.3 cm³/mol. The van der Waals surface area contributed by atoms with Gasteiger partial charge in [-0.2, -0.15) is 0 Å². The summed E-state index contributed by atoms with van der Waals surface area (Å²) in [4.78, 5) is 36.4. The number of amides is 3. The minimum atomic E-state index is -0.951. The lowest BCUT2D eigenvalue weighted by Gasteiger charge is -2.21. The molecule has 1 aliphatic heterocycles. The summed E-state index contributed by atoms with van der Waals surface area (Å²) in [6.07, 6.45) is 1.17. The van der Waals surface area contributed by atoms with E-state index in [1.54, 1.807) is 19.1 Å². The first-order chi connectivity index (χ1) is 12.4. The Balaban J connectivity index is 1.68. The third kappa shape index (κ3) is 3.56. The van der Waals surface area contributed by atoms with Gasteiger partial charge in [-0.3, -0.25) is 19.8 Å². The van der Waals surface area contributed by atoms with Crippen molar-refractivity contribution in [1.29, 1.82) is 0 Å². The summed E-state index contributed by atoms with van der Waals surface area (Å²) in [5, 5.41) is 13.5. The highest BCUT2D eigenvalue weighted by molar-refractivity contribution is 6.06. The summed E-state index contributed by atoms with van der Waals surface area (Å²) >= 11 is 0. The number of nitrogens with one attached hydrogen (secondary N) is 1. The van der Waals surface area contributed by atoms with Crippen LogP contribution in [0.2, 0.25) is 0 Å². The molecule has 1 N–H and O–H groups in total. The maximum absolute atomic E-state index is 12.8. The Morgan fingerprint density at radius 2 is 1.69 bits per heavy atom. The number of imide groups is 1. The highest BCUT2D eigenvalue weighted by atomic mass is 16.6. The van der Waals surface area contributed by atoms with Gasteiger partial charge in [0.1, 0.15) is 5.54 Å². The highest BCUT2D eigenvalue weighted by Crippen LogP contribution is 2.25. The van der Waals surface area contributed by atoms with Crippen molar-refractivity contribution in [2.75, 3.05) is 0 Å². The van der Waals surface area contributed by atoms with E-state index in [0.717, 1.165) is 10.5 Å². The van der Waals surface area contributed by atoms with Crippen LogP contribution in [0.15, 0.2) is 54.6 Å². The van der Waals surface area contributed by atoms with E-state index >= 15 is 0 Å². The number of aryl methyl sites for hydroxylation is 1. The van der Waals surface area contributed by atoms with Crippen LogP contribution < -0.4 is 5.32 Å². The van der Waals surface area contributed by atoms with Crippen LogP contribution in [-0.4, -0.2) is 27.3 Å². The maximum atomic E-state index is 12.8. The lowest BCUT2D eigenvalue weighted by atomic mass is 9.93. The molecule has 2 aromatic carbocycles. The van der Waals surface area contributed by atoms with Crippen LogP contribution in [0.1, 0.15) is 24.5 Å². The van der Waals surface area contributed by atoms with Crippen LogP contribution in [-0.2, 0) is 17.8 Å². The number of urea groups is 1. The van der Waals surface area contributed by atoms with Gasteiger partial charge in [0.15, 0.2) is 0 Å². The Morgan fingerprint density at radius 3 is 2.31 bits per heavy atom. The molecule has 3 rings (SSSR count). The van der Waals surface area contributed by atoms with Gasteiger partial charge in [0.05, 0.1) is 11.5 Å². The summed E-state index contributed by atoms with van der Waals surface area (Å²) in [7, 11) is 0. The molecule has 1 atom stereocenters. The van der Waals surface area contributed by atoms with E-state index in [9.17, 15) is 19.7 Å². The predicted octanol–water partition coefficient (Wildman–Crippen LogP) is 3.04. The lowest BCUT2D eigenvalue weighted by Crippen LogP contribution is -2.44. The number of nitro benzene ring substituents is 1. The molecule has 1 aliphatic rings. The SMILES string of the molecule is C[C@]1(CCc2ccccc2)NC(=O)N(Cc2ccc([N+](=O)[O-])cc2)C1=O. The normalized spacial score (nSPS) is 19.5. The van der Waals surface area contributed by atoms with Crippen molar-refractivity contribution in [2.45, 2.75) is 31.8 Å². The molecule has 0 aromatic heterocycles. The second-order valence-electron chi connectivity index (χ2n) is 6.56. The molecule has 0 spiro atoms. The number of hydrogen-bond donors (Lipinski definition) is 1. The molecular weight excluding hydrogens is 334 g/mol. The topological polar surface area (TPSA) is 92.6 Å². The summed E-state index contributed by atoms with van der Waals surface area (Å²) < 4.78 is 0. The fourth-order valence-corrected chi connectivity index (χ4v) is 3.00. The number of non-ortho nitro benzene ring substituents is 1. The molecule has 3 amide bonds. The van der Waals surface area contributed by atoms with Crippen molar-refractivity contribution in [2.24, 2.45) is 0 Å². The Labute approximate surface area is 150 Å². The zero-order valence-electron chi connectivity index (χ0n) is 14.3. The molecule has 0 bridgehead atoms. The van der Waals surface area contributed by atoms with Crippen molar-refractivity contribution in [3.05, 3.63) is 75.8 Å². The third-order valence-corrected chi connectivity index (χ3v) is 4.59. The van der Waals surface area contributed by atoms with Crippen LogP contribution >= 0.6 is 0 Å². The first-order valence-electron chi connectivity index (χ1n) is 8.30. The number of hydrogen-bond acceptors (Lipinski definition) is 4.